The Labute approximate surface area is 163 Å². The molecule has 0 aromatic heterocycles. The van der Waals surface area contributed by atoms with Gasteiger partial charge in [0.25, 0.3) is 0 Å². The van der Waals surface area contributed by atoms with Crippen LogP contribution in [0.3, 0.4) is 0 Å². The maximum absolute atomic E-state index is 13.0. The molecule has 0 radical (unpaired) electrons. The second kappa shape index (κ2) is 10.8. The molecule has 150 valence electrons. The van der Waals surface area contributed by atoms with E-state index >= 15 is 0 Å². The van der Waals surface area contributed by atoms with Crippen molar-refractivity contribution >= 4 is 30.8 Å². The highest BCUT2D eigenvalue weighted by atomic mass is 35.5. The smallest absolute Gasteiger partial charge is 0.390 e. The summed E-state index contributed by atoms with van der Waals surface area (Å²) in [5.41, 5.74) is 0.488. The van der Waals surface area contributed by atoms with Gasteiger partial charge in [0.1, 0.15) is 0 Å². The van der Waals surface area contributed by atoms with Gasteiger partial charge in [0.05, 0.1) is 13.5 Å². The summed E-state index contributed by atoms with van der Waals surface area (Å²) < 4.78 is 49.3. The van der Waals surface area contributed by atoms with E-state index in [9.17, 15) is 18.0 Å². The molecule has 1 aliphatic heterocycles. The van der Waals surface area contributed by atoms with E-state index in [0.717, 1.165) is 0 Å². The van der Waals surface area contributed by atoms with Crippen molar-refractivity contribution in [1.82, 2.24) is 10.2 Å². The second-order valence-corrected chi connectivity index (χ2v) is 5.63. The molecule has 0 spiro atoms. The van der Waals surface area contributed by atoms with Gasteiger partial charge < -0.3 is 14.8 Å². The third-order valence-corrected chi connectivity index (χ3v) is 3.84. The number of piperazine rings is 1. The first kappa shape index (κ1) is 24.8. The van der Waals surface area contributed by atoms with Crippen LogP contribution < -0.4 is 14.8 Å². The largest absolute Gasteiger partial charge is 0.493 e. The van der Waals surface area contributed by atoms with Gasteiger partial charge in [0.2, 0.25) is 0 Å². The maximum atomic E-state index is 13.0. The number of alkyl halides is 3. The molecule has 1 heterocycles. The molecule has 1 aromatic rings. The van der Waals surface area contributed by atoms with Gasteiger partial charge in [0.15, 0.2) is 11.5 Å². The van der Waals surface area contributed by atoms with E-state index in [1.807, 2.05) is 4.90 Å². The molecule has 0 unspecified atom stereocenters. The molecule has 0 amide bonds. The number of nitrogens with zero attached hydrogens (tertiary/aromatic N) is 1. The molecule has 2 rings (SSSR count). The van der Waals surface area contributed by atoms with Gasteiger partial charge in [-0.3, -0.25) is 9.69 Å². The molecule has 1 atom stereocenters. The molecule has 0 aliphatic carbocycles. The minimum atomic E-state index is -4.28. The highest BCUT2D eigenvalue weighted by Gasteiger charge is 2.36. The minimum absolute atomic E-state index is 0. The highest BCUT2D eigenvalue weighted by Crippen LogP contribution is 2.37. The van der Waals surface area contributed by atoms with Crippen molar-refractivity contribution in [2.75, 3.05) is 33.3 Å². The van der Waals surface area contributed by atoms with Crippen LogP contribution in [0.4, 0.5) is 13.2 Å². The molecule has 0 saturated carbocycles. The summed E-state index contributed by atoms with van der Waals surface area (Å²) in [7, 11) is 1.38. The molecule has 5 nitrogen and oxygen atoms in total. The van der Waals surface area contributed by atoms with Crippen LogP contribution in [0.25, 0.3) is 0 Å². The molecule has 1 saturated heterocycles. The Balaban J connectivity index is 0.00000312. The number of carbonyl (C=O) groups excluding carboxylic acids is 1. The average Bonchev–Trinajstić information content (AvgIpc) is 2.52. The lowest BCUT2D eigenvalue weighted by molar-refractivity contribution is -0.148. The Hall–Kier alpha value is -1.22. The van der Waals surface area contributed by atoms with Crippen molar-refractivity contribution in [3.05, 3.63) is 23.8 Å². The molecule has 0 bridgehead atoms. The lowest BCUT2D eigenvalue weighted by atomic mass is 10.00. The highest BCUT2D eigenvalue weighted by molar-refractivity contribution is 5.85. The van der Waals surface area contributed by atoms with Gasteiger partial charge in [0, 0.05) is 39.1 Å². The number of nitrogens with one attached hydrogen (secondary N) is 1. The lowest BCUT2D eigenvalue weighted by Crippen LogP contribution is -2.46. The van der Waals surface area contributed by atoms with Crippen LogP contribution in [0.1, 0.15) is 24.9 Å². The van der Waals surface area contributed by atoms with E-state index in [1.54, 1.807) is 6.07 Å². The Bertz CT molecular complexity index is 582. The van der Waals surface area contributed by atoms with Gasteiger partial charge in [-0.2, -0.15) is 13.2 Å². The summed E-state index contributed by atoms with van der Waals surface area (Å²) in [6.45, 7) is 3.62. The molecule has 1 aromatic carbocycles. The topological polar surface area (TPSA) is 50.8 Å². The van der Waals surface area contributed by atoms with Crippen molar-refractivity contribution in [2.45, 2.75) is 25.6 Å². The van der Waals surface area contributed by atoms with Gasteiger partial charge in [-0.25, -0.2) is 0 Å². The number of methoxy groups -OCH3 is 1. The minimum Gasteiger partial charge on any atom is -0.493 e. The Kier molecular flexibility index (Phi) is 10.3. The van der Waals surface area contributed by atoms with E-state index in [2.05, 4.69) is 5.32 Å². The van der Waals surface area contributed by atoms with E-state index in [4.69, 9.17) is 9.47 Å². The van der Waals surface area contributed by atoms with E-state index in [-0.39, 0.29) is 36.3 Å². The number of benzene rings is 1. The summed E-state index contributed by atoms with van der Waals surface area (Å²) in [5.74, 6) is -0.0835. The van der Waals surface area contributed by atoms with E-state index in [1.165, 1.54) is 26.2 Å². The Morgan fingerprint density at radius 3 is 2.35 bits per heavy atom. The standard InChI is InChI=1S/C16H21F3N2O3.2ClH/c1-11(22)24-14-4-3-12(9-15(14)23-2)13(10-16(17,18)19)21-7-5-20-6-8-21;;/h3-4,9,13,20H,5-8,10H2,1-2H3;2*1H/t13-;;/m1../s1. The van der Waals surface area contributed by atoms with Crippen LogP contribution >= 0.6 is 24.8 Å². The van der Waals surface area contributed by atoms with Crippen molar-refractivity contribution in [3.8, 4) is 11.5 Å². The fourth-order valence-electron chi connectivity index (χ4n) is 2.80. The summed E-state index contributed by atoms with van der Waals surface area (Å²) in [6, 6.07) is 3.74. The first-order chi connectivity index (χ1) is 11.3. The first-order valence-electron chi connectivity index (χ1n) is 7.68. The van der Waals surface area contributed by atoms with Crippen LogP contribution in [0.15, 0.2) is 18.2 Å². The zero-order chi connectivity index (χ0) is 17.7. The number of hydrogen-bond acceptors (Lipinski definition) is 5. The number of rotatable bonds is 5. The predicted molar refractivity (Wildman–Crippen MR) is 96.7 cm³/mol. The third kappa shape index (κ3) is 7.19. The average molecular weight is 419 g/mol. The van der Waals surface area contributed by atoms with Crippen LogP contribution in [0, 0.1) is 0 Å². The van der Waals surface area contributed by atoms with Crippen molar-refractivity contribution < 1.29 is 27.4 Å². The Morgan fingerprint density at radius 2 is 1.85 bits per heavy atom. The van der Waals surface area contributed by atoms with Gasteiger partial charge in [-0.1, -0.05) is 6.07 Å². The molecule has 1 N–H and O–H groups in total. The number of carbonyl (C=O) groups is 1. The van der Waals surface area contributed by atoms with Crippen LogP contribution in [-0.2, 0) is 4.79 Å². The van der Waals surface area contributed by atoms with Crippen LogP contribution in [-0.4, -0.2) is 50.3 Å². The second-order valence-electron chi connectivity index (χ2n) is 5.63. The number of ether oxygens (including phenoxy) is 2. The molecule has 1 fully saturated rings. The van der Waals surface area contributed by atoms with Crippen molar-refractivity contribution in [3.63, 3.8) is 0 Å². The molecule has 10 heteroatoms. The summed E-state index contributed by atoms with van der Waals surface area (Å²) >= 11 is 0. The molecule has 1 aliphatic rings. The SMILES string of the molecule is COc1cc([C@@H](CC(F)(F)F)N2CCNCC2)ccc1OC(C)=O.Cl.Cl. The first-order valence-corrected chi connectivity index (χ1v) is 7.68. The number of hydrogen-bond donors (Lipinski definition) is 1. The molecular formula is C16H23Cl2F3N2O3. The van der Waals surface area contributed by atoms with E-state index < -0.39 is 24.6 Å². The van der Waals surface area contributed by atoms with Crippen molar-refractivity contribution in [1.29, 1.82) is 0 Å². The quantitative estimate of drug-likeness (QED) is 0.586. The van der Waals surface area contributed by atoms with Crippen LogP contribution in [0.2, 0.25) is 0 Å². The van der Waals surface area contributed by atoms with E-state index in [0.29, 0.717) is 31.7 Å². The van der Waals surface area contributed by atoms with Crippen molar-refractivity contribution in [2.24, 2.45) is 0 Å². The lowest BCUT2D eigenvalue weighted by Gasteiger charge is -2.35. The Morgan fingerprint density at radius 1 is 1.23 bits per heavy atom. The summed E-state index contributed by atoms with van der Waals surface area (Å²) in [4.78, 5) is 12.9. The zero-order valence-corrected chi connectivity index (χ0v) is 16.1. The van der Waals surface area contributed by atoms with Crippen LogP contribution in [0.5, 0.6) is 11.5 Å². The normalized spacial score (nSPS) is 16.0. The zero-order valence-electron chi connectivity index (χ0n) is 14.5. The molecular weight excluding hydrogens is 396 g/mol. The third-order valence-electron chi connectivity index (χ3n) is 3.84. The number of esters is 1. The molecule has 26 heavy (non-hydrogen) atoms. The monoisotopic (exact) mass is 418 g/mol. The predicted octanol–water partition coefficient (Wildman–Crippen LogP) is 3.36. The van der Waals surface area contributed by atoms with Gasteiger partial charge >= 0.3 is 12.1 Å². The van der Waals surface area contributed by atoms with Gasteiger partial charge in [-0.15, -0.1) is 24.8 Å². The number of halogens is 5. The summed E-state index contributed by atoms with van der Waals surface area (Å²) in [5, 5.41) is 3.13. The van der Waals surface area contributed by atoms with Gasteiger partial charge in [-0.05, 0) is 17.7 Å². The maximum Gasteiger partial charge on any atom is 0.390 e. The summed E-state index contributed by atoms with van der Waals surface area (Å²) in [6.07, 6.45) is -5.22. The fourth-order valence-corrected chi connectivity index (χ4v) is 2.80. The fraction of sp³-hybridized carbons (Fsp3) is 0.562.